The Hall–Kier alpha value is -1.13. The van der Waals surface area contributed by atoms with Crippen LogP contribution in [0, 0.1) is 6.92 Å². The SMILES string of the molecule is Cc1ncc(CNCc2cccc(Br)c2)[nH]1. The van der Waals surface area contributed by atoms with Crippen molar-refractivity contribution in [2.75, 3.05) is 0 Å². The first kappa shape index (κ1) is 11.4. The van der Waals surface area contributed by atoms with Crippen LogP contribution in [0.3, 0.4) is 0 Å². The second kappa shape index (κ2) is 5.27. The van der Waals surface area contributed by atoms with Crippen LogP contribution in [0.15, 0.2) is 34.9 Å². The van der Waals surface area contributed by atoms with Gasteiger partial charge in [-0.05, 0) is 24.6 Å². The fourth-order valence-electron chi connectivity index (χ4n) is 1.55. The molecule has 1 aromatic carbocycles. The summed E-state index contributed by atoms with van der Waals surface area (Å²) in [6.07, 6.45) is 1.86. The van der Waals surface area contributed by atoms with Crippen molar-refractivity contribution < 1.29 is 0 Å². The Bertz CT molecular complexity index is 465. The van der Waals surface area contributed by atoms with Crippen LogP contribution >= 0.6 is 15.9 Å². The highest BCUT2D eigenvalue weighted by Crippen LogP contribution is 2.11. The van der Waals surface area contributed by atoms with Crippen LogP contribution in [0.2, 0.25) is 0 Å². The predicted molar refractivity (Wildman–Crippen MR) is 68.0 cm³/mol. The molecule has 2 rings (SSSR count). The minimum absolute atomic E-state index is 0.813. The number of aromatic amines is 1. The van der Waals surface area contributed by atoms with Crippen molar-refractivity contribution in [3.8, 4) is 0 Å². The molecule has 84 valence electrons. The van der Waals surface area contributed by atoms with Gasteiger partial charge in [-0.25, -0.2) is 4.98 Å². The molecule has 0 aliphatic carbocycles. The van der Waals surface area contributed by atoms with Crippen LogP contribution in [0.25, 0.3) is 0 Å². The van der Waals surface area contributed by atoms with Crippen LogP contribution in [0.4, 0.5) is 0 Å². The van der Waals surface area contributed by atoms with Crippen LogP contribution < -0.4 is 5.32 Å². The number of halogens is 1. The van der Waals surface area contributed by atoms with Gasteiger partial charge < -0.3 is 10.3 Å². The lowest BCUT2D eigenvalue weighted by molar-refractivity contribution is 0.681. The summed E-state index contributed by atoms with van der Waals surface area (Å²) in [5.41, 5.74) is 2.39. The highest BCUT2D eigenvalue weighted by molar-refractivity contribution is 9.10. The van der Waals surface area contributed by atoms with E-state index >= 15 is 0 Å². The topological polar surface area (TPSA) is 40.7 Å². The summed E-state index contributed by atoms with van der Waals surface area (Å²) in [7, 11) is 0. The van der Waals surface area contributed by atoms with E-state index < -0.39 is 0 Å². The molecule has 0 atom stereocenters. The molecule has 2 aromatic rings. The number of hydrogen-bond acceptors (Lipinski definition) is 2. The highest BCUT2D eigenvalue weighted by atomic mass is 79.9. The molecule has 3 nitrogen and oxygen atoms in total. The maximum atomic E-state index is 4.15. The van der Waals surface area contributed by atoms with E-state index in [0.717, 1.165) is 29.1 Å². The van der Waals surface area contributed by atoms with Gasteiger partial charge in [-0.2, -0.15) is 0 Å². The second-order valence-corrected chi connectivity index (χ2v) is 4.64. The fourth-order valence-corrected chi connectivity index (χ4v) is 2.00. The second-order valence-electron chi connectivity index (χ2n) is 3.73. The Labute approximate surface area is 103 Å². The van der Waals surface area contributed by atoms with Crippen molar-refractivity contribution in [2.45, 2.75) is 20.0 Å². The van der Waals surface area contributed by atoms with Gasteiger partial charge in [0.15, 0.2) is 0 Å². The van der Waals surface area contributed by atoms with Crippen LogP contribution in [-0.2, 0) is 13.1 Å². The average molecular weight is 280 g/mol. The number of nitrogens with one attached hydrogen (secondary N) is 2. The molecule has 0 bridgehead atoms. The molecule has 0 radical (unpaired) electrons. The number of hydrogen-bond donors (Lipinski definition) is 2. The number of imidazole rings is 1. The molecule has 0 saturated carbocycles. The van der Waals surface area contributed by atoms with Crippen molar-refractivity contribution in [1.29, 1.82) is 0 Å². The molecule has 0 amide bonds. The van der Waals surface area contributed by atoms with Crippen molar-refractivity contribution in [3.63, 3.8) is 0 Å². The zero-order valence-electron chi connectivity index (χ0n) is 9.13. The smallest absolute Gasteiger partial charge is 0.103 e. The first-order valence-corrected chi connectivity index (χ1v) is 5.99. The first-order chi connectivity index (χ1) is 7.74. The van der Waals surface area contributed by atoms with E-state index in [9.17, 15) is 0 Å². The van der Waals surface area contributed by atoms with E-state index in [-0.39, 0.29) is 0 Å². The zero-order valence-corrected chi connectivity index (χ0v) is 10.7. The van der Waals surface area contributed by atoms with Gasteiger partial charge in [0, 0.05) is 29.5 Å². The minimum Gasteiger partial charge on any atom is -0.345 e. The van der Waals surface area contributed by atoms with E-state index in [1.165, 1.54) is 5.56 Å². The summed E-state index contributed by atoms with van der Waals surface area (Å²) in [4.78, 5) is 7.34. The molecule has 16 heavy (non-hydrogen) atoms. The van der Waals surface area contributed by atoms with Gasteiger partial charge >= 0.3 is 0 Å². The molecule has 1 heterocycles. The number of nitrogens with zero attached hydrogens (tertiary/aromatic N) is 1. The molecular formula is C12H14BrN3. The number of H-pyrrole nitrogens is 1. The molecule has 4 heteroatoms. The summed E-state index contributed by atoms with van der Waals surface area (Å²) in [6, 6.07) is 8.30. The van der Waals surface area contributed by atoms with Gasteiger partial charge in [-0.15, -0.1) is 0 Å². The van der Waals surface area contributed by atoms with Crippen molar-refractivity contribution in [3.05, 3.63) is 52.0 Å². The summed E-state index contributed by atoms with van der Waals surface area (Å²) in [6.45, 7) is 3.63. The van der Waals surface area contributed by atoms with E-state index in [1.807, 2.05) is 25.3 Å². The van der Waals surface area contributed by atoms with E-state index in [0.29, 0.717) is 0 Å². The summed E-state index contributed by atoms with van der Waals surface area (Å²) in [5, 5.41) is 3.37. The maximum absolute atomic E-state index is 4.15. The Morgan fingerprint density at radius 1 is 1.38 bits per heavy atom. The third-order valence-electron chi connectivity index (χ3n) is 2.29. The normalized spacial score (nSPS) is 10.6. The molecule has 0 saturated heterocycles. The Kier molecular flexibility index (Phi) is 3.74. The Balaban J connectivity index is 1.84. The van der Waals surface area contributed by atoms with Gasteiger partial charge in [0.2, 0.25) is 0 Å². The van der Waals surface area contributed by atoms with Crippen LogP contribution in [0.1, 0.15) is 17.1 Å². The molecule has 0 spiro atoms. The number of aryl methyl sites for hydroxylation is 1. The molecule has 0 fully saturated rings. The molecule has 0 aliphatic heterocycles. The van der Waals surface area contributed by atoms with Crippen LogP contribution in [0.5, 0.6) is 0 Å². The van der Waals surface area contributed by atoms with Crippen molar-refractivity contribution in [2.24, 2.45) is 0 Å². The molecule has 0 unspecified atom stereocenters. The Morgan fingerprint density at radius 2 is 2.25 bits per heavy atom. The average Bonchev–Trinajstić information content (AvgIpc) is 2.64. The lowest BCUT2D eigenvalue weighted by Gasteiger charge is -2.03. The maximum Gasteiger partial charge on any atom is 0.103 e. The lowest BCUT2D eigenvalue weighted by atomic mass is 10.2. The number of rotatable bonds is 4. The van der Waals surface area contributed by atoms with Gasteiger partial charge in [-0.1, -0.05) is 28.1 Å². The molecule has 1 aromatic heterocycles. The zero-order chi connectivity index (χ0) is 11.4. The van der Waals surface area contributed by atoms with Crippen molar-refractivity contribution in [1.82, 2.24) is 15.3 Å². The van der Waals surface area contributed by atoms with Crippen LogP contribution in [-0.4, -0.2) is 9.97 Å². The van der Waals surface area contributed by atoms with E-state index in [4.69, 9.17) is 0 Å². The van der Waals surface area contributed by atoms with Gasteiger partial charge in [0.1, 0.15) is 5.82 Å². The van der Waals surface area contributed by atoms with Gasteiger partial charge in [0.05, 0.1) is 0 Å². The number of aromatic nitrogens is 2. The predicted octanol–water partition coefficient (Wildman–Crippen LogP) is 2.77. The first-order valence-electron chi connectivity index (χ1n) is 5.20. The summed E-state index contributed by atoms with van der Waals surface area (Å²) >= 11 is 3.46. The molecule has 0 aliphatic rings. The fraction of sp³-hybridized carbons (Fsp3) is 0.250. The quantitative estimate of drug-likeness (QED) is 0.904. The lowest BCUT2D eigenvalue weighted by Crippen LogP contribution is -2.12. The summed E-state index contributed by atoms with van der Waals surface area (Å²) in [5.74, 6) is 0.958. The van der Waals surface area contributed by atoms with Crippen molar-refractivity contribution >= 4 is 15.9 Å². The van der Waals surface area contributed by atoms with E-state index in [2.05, 4.69) is 43.3 Å². The molecule has 2 N–H and O–H groups in total. The monoisotopic (exact) mass is 279 g/mol. The number of benzene rings is 1. The van der Waals surface area contributed by atoms with Gasteiger partial charge in [-0.3, -0.25) is 0 Å². The standard InChI is InChI=1S/C12H14BrN3/c1-9-15-8-12(16-9)7-14-6-10-3-2-4-11(13)5-10/h2-5,8,14H,6-7H2,1H3,(H,15,16). The third-order valence-corrected chi connectivity index (χ3v) is 2.78. The Morgan fingerprint density at radius 3 is 2.94 bits per heavy atom. The van der Waals surface area contributed by atoms with E-state index in [1.54, 1.807) is 0 Å². The summed E-state index contributed by atoms with van der Waals surface area (Å²) < 4.78 is 1.11. The largest absolute Gasteiger partial charge is 0.345 e. The highest BCUT2D eigenvalue weighted by Gasteiger charge is 1.97. The minimum atomic E-state index is 0.813. The molecular weight excluding hydrogens is 266 g/mol. The van der Waals surface area contributed by atoms with Gasteiger partial charge in [0.25, 0.3) is 0 Å². The third kappa shape index (κ3) is 3.18.